The Morgan fingerprint density at radius 2 is 1.32 bits per heavy atom. The molecule has 2 amide bonds. The summed E-state index contributed by atoms with van der Waals surface area (Å²) in [4.78, 5) is 23.5. The Bertz CT molecular complexity index is 776. The van der Waals surface area contributed by atoms with E-state index in [1.165, 1.54) is 0 Å². The van der Waals surface area contributed by atoms with Crippen LogP contribution >= 0.6 is 0 Å². The predicted molar refractivity (Wildman–Crippen MR) is 116 cm³/mol. The van der Waals surface area contributed by atoms with Crippen molar-refractivity contribution in [2.75, 3.05) is 13.2 Å². The average Bonchev–Trinajstić information content (AvgIpc) is 2.74. The van der Waals surface area contributed by atoms with E-state index in [2.05, 4.69) is 26.1 Å². The van der Waals surface area contributed by atoms with Crippen LogP contribution in [0.5, 0.6) is 0 Å². The van der Waals surface area contributed by atoms with E-state index in [0.29, 0.717) is 24.3 Å². The lowest BCUT2D eigenvalue weighted by Gasteiger charge is -2.27. The summed E-state index contributed by atoms with van der Waals surface area (Å²) in [6.07, 6.45) is 0. The van der Waals surface area contributed by atoms with Gasteiger partial charge in [-0.15, -0.1) is 0 Å². The zero-order valence-corrected chi connectivity index (χ0v) is 18.0. The molecule has 2 rings (SSSR count). The van der Waals surface area contributed by atoms with Crippen LogP contribution in [-0.2, 0) is 4.43 Å². The van der Waals surface area contributed by atoms with E-state index in [1.807, 2.05) is 24.3 Å². The fourth-order valence-corrected chi connectivity index (χ4v) is 5.88. The summed E-state index contributed by atoms with van der Waals surface area (Å²) in [7, 11) is -1.61. The molecule has 2 aromatic carbocycles. The van der Waals surface area contributed by atoms with Crippen molar-refractivity contribution in [3.63, 3.8) is 0 Å². The number of rotatable bonds is 10. The van der Waals surface area contributed by atoms with Crippen molar-refractivity contribution in [3.8, 4) is 11.1 Å². The molecule has 0 spiro atoms. The van der Waals surface area contributed by atoms with Crippen molar-refractivity contribution in [2.45, 2.75) is 38.9 Å². The van der Waals surface area contributed by atoms with Crippen molar-refractivity contribution in [2.24, 2.45) is 5.73 Å². The number of benzene rings is 2. The van der Waals surface area contributed by atoms with Gasteiger partial charge in [-0.3, -0.25) is 9.59 Å². The first kappa shape index (κ1) is 21.9. The van der Waals surface area contributed by atoms with Gasteiger partial charge in [-0.25, -0.2) is 0 Å². The largest absolute Gasteiger partial charge is 0.415 e. The molecule has 0 atom stereocenters. The number of nitrogens with two attached hydrogens (primary N) is 1. The number of primary amides is 1. The Morgan fingerprint density at radius 3 is 1.75 bits per heavy atom. The monoisotopic (exact) mass is 398 g/mol. The quantitative estimate of drug-likeness (QED) is 0.465. The van der Waals surface area contributed by atoms with Crippen LogP contribution in [-0.4, -0.2) is 33.3 Å². The molecule has 0 unspecified atom stereocenters. The molecular formula is C22H30N2O3Si. The minimum atomic E-state index is -1.61. The van der Waals surface area contributed by atoms with Gasteiger partial charge < -0.3 is 15.5 Å². The Morgan fingerprint density at radius 1 is 0.857 bits per heavy atom. The van der Waals surface area contributed by atoms with Crippen LogP contribution in [0.25, 0.3) is 11.1 Å². The summed E-state index contributed by atoms with van der Waals surface area (Å²) >= 11 is 0. The SMILES string of the molecule is CC[Si](CC)(CC)OCCNC(=O)c1ccc(-c2ccc(C(N)=O)cc2)cc1. The molecule has 0 aliphatic heterocycles. The molecule has 28 heavy (non-hydrogen) atoms. The van der Waals surface area contributed by atoms with Crippen molar-refractivity contribution in [1.82, 2.24) is 5.32 Å². The van der Waals surface area contributed by atoms with Crippen LogP contribution in [0.3, 0.4) is 0 Å². The molecule has 3 N–H and O–H groups in total. The van der Waals surface area contributed by atoms with Gasteiger partial charge in [0.1, 0.15) is 0 Å². The van der Waals surface area contributed by atoms with Crippen molar-refractivity contribution in [1.29, 1.82) is 0 Å². The third-order valence-electron chi connectivity index (χ3n) is 5.38. The van der Waals surface area contributed by atoms with E-state index >= 15 is 0 Å². The van der Waals surface area contributed by atoms with Crippen molar-refractivity contribution >= 4 is 20.1 Å². The summed E-state index contributed by atoms with van der Waals surface area (Å²) in [6, 6.07) is 17.8. The van der Waals surface area contributed by atoms with Crippen molar-refractivity contribution in [3.05, 3.63) is 59.7 Å². The molecule has 0 aliphatic rings. The predicted octanol–water partition coefficient (Wildman–Crippen LogP) is 4.20. The summed E-state index contributed by atoms with van der Waals surface area (Å²) in [5.74, 6) is -0.546. The summed E-state index contributed by atoms with van der Waals surface area (Å²) < 4.78 is 6.16. The van der Waals surface area contributed by atoms with Crippen LogP contribution in [0.1, 0.15) is 41.5 Å². The van der Waals surface area contributed by atoms with Gasteiger partial charge in [0.05, 0.1) is 6.61 Å². The van der Waals surface area contributed by atoms with Gasteiger partial charge in [0.2, 0.25) is 5.91 Å². The number of hydrogen-bond acceptors (Lipinski definition) is 3. The average molecular weight is 399 g/mol. The first-order valence-corrected chi connectivity index (χ1v) is 12.4. The molecule has 0 aliphatic carbocycles. The molecule has 0 aromatic heterocycles. The fourth-order valence-electron chi connectivity index (χ4n) is 3.23. The maximum atomic E-state index is 12.3. The molecule has 150 valence electrons. The van der Waals surface area contributed by atoms with Crippen LogP contribution in [0, 0.1) is 0 Å². The van der Waals surface area contributed by atoms with Crippen LogP contribution in [0.15, 0.2) is 48.5 Å². The Kier molecular flexibility index (Phi) is 7.96. The van der Waals surface area contributed by atoms with Crippen LogP contribution in [0.2, 0.25) is 18.1 Å². The number of carbonyl (C=O) groups is 2. The van der Waals surface area contributed by atoms with Gasteiger partial charge in [-0.2, -0.15) is 0 Å². The van der Waals surface area contributed by atoms with Gasteiger partial charge in [0, 0.05) is 17.7 Å². The van der Waals surface area contributed by atoms with Gasteiger partial charge in [0.25, 0.3) is 5.91 Å². The molecule has 0 heterocycles. The van der Waals surface area contributed by atoms with E-state index in [1.54, 1.807) is 24.3 Å². The smallest absolute Gasteiger partial charge is 0.251 e. The number of amides is 2. The van der Waals surface area contributed by atoms with Crippen LogP contribution < -0.4 is 11.1 Å². The lowest BCUT2D eigenvalue weighted by atomic mass is 10.0. The highest BCUT2D eigenvalue weighted by Crippen LogP contribution is 2.22. The molecular weight excluding hydrogens is 368 g/mol. The summed E-state index contributed by atoms with van der Waals surface area (Å²) in [5, 5.41) is 2.93. The normalized spacial score (nSPS) is 11.2. The molecule has 0 saturated carbocycles. The molecule has 0 bridgehead atoms. The highest BCUT2D eigenvalue weighted by atomic mass is 28.4. The second kappa shape index (κ2) is 10.2. The van der Waals surface area contributed by atoms with Crippen molar-refractivity contribution < 1.29 is 14.0 Å². The fraction of sp³-hybridized carbons (Fsp3) is 0.364. The molecule has 5 nitrogen and oxygen atoms in total. The van der Waals surface area contributed by atoms with E-state index in [9.17, 15) is 9.59 Å². The second-order valence-electron chi connectivity index (χ2n) is 6.87. The maximum absolute atomic E-state index is 12.3. The van der Waals surface area contributed by atoms with E-state index < -0.39 is 14.2 Å². The second-order valence-corrected chi connectivity index (χ2v) is 11.6. The topological polar surface area (TPSA) is 81.4 Å². The zero-order chi connectivity index (χ0) is 20.6. The maximum Gasteiger partial charge on any atom is 0.251 e. The van der Waals surface area contributed by atoms with Gasteiger partial charge in [-0.1, -0.05) is 45.0 Å². The lowest BCUT2D eigenvalue weighted by Crippen LogP contribution is -2.38. The van der Waals surface area contributed by atoms with E-state index in [4.69, 9.17) is 10.2 Å². The molecule has 6 heteroatoms. The van der Waals surface area contributed by atoms with Gasteiger partial charge >= 0.3 is 0 Å². The van der Waals surface area contributed by atoms with E-state index in [-0.39, 0.29) is 5.91 Å². The Labute approximate surface area is 168 Å². The highest BCUT2D eigenvalue weighted by molar-refractivity contribution is 6.73. The third kappa shape index (κ3) is 5.53. The van der Waals surface area contributed by atoms with Gasteiger partial charge in [0.15, 0.2) is 8.32 Å². The number of hydrogen-bond donors (Lipinski definition) is 2. The zero-order valence-electron chi connectivity index (χ0n) is 17.0. The summed E-state index contributed by atoms with van der Waals surface area (Å²) in [6.45, 7) is 7.67. The van der Waals surface area contributed by atoms with E-state index in [0.717, 1.165) is 29.3 Å². The molecule has 0 saturated heterocycles. The van der Waals surface area contributed by atoms with Gasteiger partial charge in [-0.05, 0) is 53.5 Å². The summed E-state index contributed by atoms with van der Waals surface area (Å²) in [5.41, 5.74) is 8.29. The molecule has 0 radical (unpaired) electrons. The Hall–Kier alpha value is -2.44. The minimum Gasteiger partial charge on any atom is -0.415 e. The number of carbonyl (C=O) groups excluding carboxylic acids is 2. The lowest BCUT2D eigenvalue weighted by molar-refractivity contribution is 0.0945. The standard InChI is InChI=1S/C22H30N2O3Si/c1-4-28(5-2,6-3)27-16-15-24-22(26)20-13-9-18(10-14-20)17-7-11-19(12-8-17)21(23)25/h7-14H,4-6,15-16H2,1-3H3,(H2,23,25)(H,24,26). The van der Waals surface area contributed by atoms with Crippen LogP contribution in [0.4, 0.5) is 0 Å². The third-order valence-corrected chi connectivity index (χ3v) is 10.1. The number of nitrogens with one attached hydrogen (secondary N) is 1. The minimum absolute atomic E-state index is 0.101. The Balaban J connectivity index is 1.90. The molecule has 2 aromatic rings. The highest BCUT2D eigenvalue weighted by Gasteiger charge is 2.28. The first-order chi connectivity index (χ1) is 13.4. The molecule has 0 fully saturated rings. The first-order valence-electron chi connectivity index (χ1n) is 9.87.